The first-order valence-electron chi connectivity index (χ1n) is 9.20. The van der Waals surface area contributed by atoms with Crippen LogP contribution < -0.4 is 16.0 Å². The molecule has 0 radical (unpaired) electrons. The Morgan fingerprint density at radius 3 is 2.42 bits per heavy atom. The van der Waals surface area contributed by atoms with Gasteiger partial charge in [0.05, 0.1) is 6.54 Å². The van der Waals surface area contributed by atoms with Crippen molar-refractivity contribution in [2.24, 2.45) is 10.9 Å². The lowest BCUT2D eigenvalue weighted by Crippen LogP contribution is -2.45. The molecule has 2 rings (SSSR count). The van der Waals surface area contributed by atoms with Gasteiger partial charge in [0, 0.05) is 24.7 Å². The first kappa shape index (κ1) is 22.5. The van der Waals surface area contributed by atoms with E-state index in [1.54, 1.807) is 12.1 Å². The van der Waals surface area contributed by atoms with Crippen molar-refractivity contribution in [1.29, 1.82) is 0 Å². The lowest BCUT2D eigenvalue weighted by Gasteiger charge is -2.28. The highest BCUT2D eigenvalue weighted by Crippen LogP contribution is 2.23. The summed E-state index contributed by atoms with van der Waals surface area (Å²) in [6.07, 6.45) is 4.89. The SMILES string of the molecule is CCNC(=NCCNC(=O)c1ccc(O)cc1)NC1CCC(C)CC1.I. The van der Waals surface area contributed by atoms with Crippen LogP contribution in [0.3, 0.4) is 0 Å². The van der Waals surface area contributed by atoms with Gasteiger partial charge in [-0.15, -0.1) is 24.0 Å². The molecule has 1 fully saturated rings. The second-order valence-electron chi connectivity index (χ2n) is 6.66. The number of rotatable bonds is 6. The van der Waals surface area contributed by atoms with Crippen molar-refractivity contribution >= 4 is 35.8 Å². The number of benzene rings is 1. The van der Waals surface area contributed by atoms with E-state index in [1.807, 2.05) is 6.92 Å². The summed E-state index contributed by atoms with van der Waals surface area (Å²) in [5.41, 5.74) is 0.531. The van der Waals surface area contributed by atoms with Gasteiger partial charge in [0.25, 0.3) is 5.91 Å². The summed E-state index contributed by atoms with van der Waals surface area (Å²) in [5, 5.41) is 18.9. The van der Waals surface area contributed by atoms with Gasteiger partial charge < -0.3 is 21.1 Å². The van der Waals surface area contributed by atoms with E-state index in [0.29, 0.717) is 24.7 Å². The fraction of sp³-hybridized carbons (Fsp3) is 0.579. The maximum absolute atomic E-state index is 12.0. The highest BCUT2D eigenvalue weighted by atomic mass is 127. The number of guanidine groups is 1. The standard InChI is InChI=1S/C19H30N4O2.HI/c1-3-20-19(23-16-8-4-14(2)5-9-16)22-13-12-21-18(25)15-6-10-17(24)11-7-15;/h6-7,10-11,14,16,24H,3-5,8-9,12-13H2,1-2H3,(H,21,25)(H2,20,22,23);1H. The number of amides is 1. The van der Waals surface area contributed by atoms with Gasteiger partial charge in [-0.25, -0.2) is 0 Å². The quantitative estimate of drug-likeness (QED) is 0.221. The van der Waals surface area contributed by atoms with E-state index in [-0.39, 0.29) is 35.6 Å². The average Bonchev–Trinajstić information content (AvgIpc) is 2.61. The van der Waals surface area contributed by atoms with E-state index in [4.69, 9.17) is 0 Å². The molecule has 0 atom stereocenters. The lowest BCUT2D eigenvalue weighted by atomic mass is 9.87. The summed E-state index contributed by atoms with van der Waals surface area (Å²) in [6.45, 7) is 6.16. The molecule has 4 N–H and O–H groups in total. The molecule has 0 bridgehead atoms. The zero-order valence-corrected chi connectivity index (χ0v) is 18.0. The molecule has 0 aromatic heterocycles. The molecule has 1 aromatic rings. The van der Waals surface area contributed by atoms with Gasteiger partial charge in [-0.3, -0.25) is 9.79 Å². The number of aliphatic imine (C=N–C) groups is 1. The molecule has 0 heterocycles. The molecule has 1 aromatic carbocycles. The van der Waals surface area contributed by atoms with E-state index in [0.717, 1.165) is 18.4 Å². The minimum Gasteiger partial charge on any atom is -0.508 e. The highest BCUT2D eigenvalue weighted by molar-refractivity contribution is 14.0. The minimum absolute atomic E-state index is 0. The van der Waals surface area contributed by atoms with Crippen LogP contribution in [0.2, 0.25) is 0 Å². The van der Waals surface area contributed by atoms with Crippen LogP contribution in [0.5, 0.6) is 5.75 Å². The molecule has 26 heavy (non-hydrogen) atoms. The molecule has 6 nitrogen and oxygen atoms in total. The van der Waals surface area contributed by atoms with Gasteiger partial charge in [-0.1, -0.05) is 6.92 Å². The lowest BCUT2D eigenvalue weighted by molar-refractivity contribution is 0.0955. The van der Waals surface area contributed by atoms with Crippen molar-refractivity contribution in [2.45, 2.75) is 45.6 Å². The Morgan fingerprint density at radius 1 is 1.15 bits per heavy atom. The average molecular weight is 474 g/mol. The Morgan fingerprint density at radius 2 is 1.81 bits per heavy atom. The third-order valence-electron chi connectivity index (χ3n) is 4.50. The van der Waals surface area contributed by atoms with Gasteiger partial charge >= 0.3 is 0 Å². The van der Waals surface area contributed by atoms with Crippen LogP contribution in [0.4, 0.5) is 0 Å². The van der Waals surface area contributed by atoms with Gasteiger partial charge in [-0.05, 0) is 62.8 Å². The number of hydrogen-bond acceptors (Lipinski definition) is 3. The van der Waals surface area contributed by atoms with E-state index in [9.17, 15) is 9.90 Å². The molecule has 0 unspecified atom stereocenters. The number of aromatic hydroxyl groups is 1. The second kappa shape index (κ2) is 12.0. The third-order valence-corrected chi connectivity index (χ3v) is 4.50. The molecule has 0 aliphatic heterocycles. The number of phenols is 1. The van der Waals surface area contributed by atoms with Crippen molar-refractivity contribution in [3.05, 3.63) is 29.8 Å². The van der Waals surface area contributed by atoms with Crippen molar-refractivity contribution in [3.8, 4) is 5.75 Å². The van der Waals surface area contributed by atoms with Crippen LogP contribution in [-0.4, -0.2) is 42.6 Å². The molecule has 1 saturated carbocycles. The number of carbonyl (C=O) groups excluding carboxylic acids is 1. The molecule has 7 heteroatoms. The third kappa shape index (κ3) is 7.80. The Hall–Kier alpha value is -1.51. The highest BCUT2D eigenvalue weighted by Gasteiger charge is 2.18. The van der Waals surface area contributed by atoms with Gasteiger partial charge in [0.15, 0.2) is 5.96 Å². The molecule has 1 amide bonds. The van der Waals surface area contributed by atoms with E-state index < -0.39 is 0 Å². The molecule has 1 aliphatic rings. The summed E-state index contributed by atoms with van der Waals surface area (Å²) in [5.74, 6) is 1.64. The number of carbonyl (C=O) groups is 1. The van der Waals surface area contributed by atoms with Gasteiger partial charge in [-0.2, -0.15) is 0 Å². The van der Waals surface area contributed by atoms with Crippen LogP contribution in [-0.2, 0) is 0 Å². The fourth-order valence-corrected chi connectivity index (χ4v) is 2.97. The van der Waals surface area contributed by atoms with Crippen molar-refractivity contribution in [2.75, 3.05) is 19.6 Å². The summed E-state index contributed by atoms with van der Waals surface area (Å²) in [7, 11) is 0. The number of phenolic OH excluding ortho intramolecular Hbond substituents is 1. The van der Waals surface area contributed by atoms with Crippen molar-refractivity contribution in [3.63, 3.8) is 0 Å². The van der Waals surface area contributed by atoms with Crippen LogP contribution in [0.25, 0.3) is 0 Å². The maximum Gasteiger partial charge on any atom is 0.251 e. The topological polar surface area (TPSA) is 85.8 Å². The summed E-state index contributed by atoms with van der Waals surface area (Å²) < 4.78 is 0. The predicted octanol–water partition coefficient (Wildman–Crippen LogP) is 2.87. The molecule has 0 saturated heterocycles. The first-order valence-corrected chi connectivity index (χ1v) is 9.20. The van der Waals surface area contributed by atoms with Crippen molar-refractivity contribution in [1.82, 2.24) is 16.0 Å². The fourth-order valence-electron chi connectivity index (χ4n) is 2.97. The first-order chi connectivity index (χ1) is 12.1. The minimum atomic E-state index is -0.158. The molecule has 0 spiro atoms. The van der Waals surface area contributed by atoms with Crippen LogP contribution in [0.1, 0.15) is 49.9 Å². The van der Waals surface area contributed by atoms with Crippen molar-refractivity contribution < 1.29 is 9.90 Å². The van der Waals surface area contributed by atoms with Gasteiger partial charge in [0.1, 0.15) is 5.75 Å². The van der Waals surface area contributed by atoms with Gasteiger partial charge in [0.2, 0.25) is 0 Å². The number of hydrogen-bond donors (Lipinski definition) is 4. The molecular weight excluding hydrogens is 443 g/mol. The number of nitrogens with one attached hydrogen (secondary N) is 3. The Labute approximate surface area is 173 Å². The van der Waals surface area contributed by atoms with E-state index in [2.05, 4.69) is 27.9 Å². The zero-order chi connectivity index (χ0) is 18.1. The normalized spacial score (nSPS) is 20.0. The Balaban J connectivity index is 0.00000338. The second-order valence-corrected chi connectivity index (χ2v) is 6.66. The summed E-state index contributed by atoms with van der Waals surface area (Å²) in [6, 6.07) is 6.70. The molecule has 1 aliphatic carbocycles. The van der Waals surface area contributed by atoms with Crippen LogP contribution in [0.15, 0.2) is 29.3 Å². The Kier molecular flexibility index (Phi) is 10.4. The van der Waals surface area contributed by atoms with E-state index >= 15 is 0 Å². The van der Waals surface area contributed by atoms with Crippen LogP contribution in [0, 0.1) is 5.92 Å². The largest absolute Gasteiger partial charge is 0.508 e. The summed E-state index contributed by atoms with van der Waals surface area (Å²) >= 11 is 0. The molecular formula is C19H31IN4O2. The summed E-state index contributed by atoms with van der Waals surface area (Å²) in [4.78, 5) is 16.5. The molecule has 146 valence electrons. The monoisotopic (exact) mass is 474 g/mol. The van der Waals surface area contributed by atoms with Crippen LogP contribution >= 0.6 is 24.0 Å². The predicted molar refractivity (Wildman–Crippen MR) is 116 cm³/mol. The zero-order valence-electron chi connectivity index (χ0n) is 15.6. The smallest absolute Gasteiger partial charge is 0.251 e. The number of nitrogens with zero attached hydrogens (tertiary/aromatic N) is 1. The number of halogens is 1. The van der Waals surface area contributed by atoms with E-state index in [1.165, 1.54) is 37.8 Å². The maximum atomic E-state index is 12.0. The Bertz CT molecular complexity index is 569.